The molecule has 0 bridgehead atoms. The first-order chi connectivity index (χ1) is 11.1. The fraction of sp³-hybridized carbons (Fsp3) is 0.125. The number of carbonyl (C=O) groups is 1. The van der Waals surface area contributed by atoms with E-state index in [1.54, 1.807) is 29.5 Å². The van der Waals surface area contributed by atoms with Crippen LogP contribution in [0.2, 0.25) is 5.02 Å². The Bertz CT molecular complexity index is 844. The Morgan fingerprint density at radius 3 is 2.83 bits per heavy atom. The molecule has 2 aromatic heterocycles. The van der Waals surface area contributed by atoms with E-state index in [0.29, 0.717) is 27.0 Å². The minimum atomic E-state index is -0.219. The van der Waals surface area contributed by atoms with Crippen molar-refractivity contribution in [3.05, 3.63) is 51.3 Å². The molecule has 118 valence electrons. The number of benzene rings is 1. The maximum Gasteiger partial charge on any atom is 0.267 e. The van der Waals surface area contributed by atoms with Crippen molar-refractivity contribution in [3.63, 3.8) is 0 Å². The Labute approximate surface area is 146 Å². The summed E-state index contributed by atoms with van der Waals surface area (Å²) in [5, 5.41) is 6.13. The predicted octanol–water partition coefficient (Wildman–Crippen LogP) is 5.09. The number of rotatable bonds is 4. The summed E-state index contributed by atoms with van der Waals surface area (Å²) in [6.07, 6.45) is 0. The van der Waals surface area contributed by atoms with Crippen LogP contribution in [-0.2, 0) is 0 Å². The van der Waals surface area contributed by atoms with Crippen molar-refractivity contribution in [1.29, 1.82) is 0 Å². The van der Waals surface area contributed by atoms with Gasteiger partial charge in [-0.3, -0.25) is 4.79 Å². The molecule has 4 nitrogen and oxygen atoms in total. The highest BCUT2D eigenvalue weighted by Gasteiger charge is 2.18. The first-order valence-electron chi connectivity index (χ1n) is 6.75. The monoisotopic (exact) mass is 364 g/mol. The molecule has 0 aliphatic carbocycles. The number of hydrogen-bond donors (Lipinski definition) is 1. The van der Waals surface area contributed by atoms with E-state index in [9.17, 15) is 4.79 Å². The van der Waals surface area contributed by atoms with Gasteiger partial charge in [-0.05, 0) is 30.5 Å². The maximum atomic E-state index is 12.6. The predicted molar refractivity (Wildman–Crippen MR) is 96.1 cm³/mol. The second kappa shape index (κ2) is 6.70. The lowest BCUT2D eigenvalue weighted by molar-refractivity contribution is 0.102. The number of nitrogens with one attached hydrogen (secondary N) is 1. The van der Waals surface area contributed by atoms with Crippen LogP contribution in [0.3, 0.4) is 0 Å². The number of nitrogens with zero attached hydrogens (tertiary/aromatic N) is 1. The molecule has 2 heterocycles. The third kappa shape index (κ3) is 3.24. The molecule has 0 spiro atoms. The summed E-state index contributed by atoms with van der Waals surface area (Å²) in [5.74, 6) is 0.228. The number of amides is 1. The highest BCUT2D eigenvalue weighted by atomic mass is 35.5. The van der Waals surface area contributed by atoms with E-state index >= 15 is 0 Å². The summed E-state index contributed by atoms with van der Waals surface area (Å²) in [6.45, 7) is 1.83. The Balaban J connectivity index is 1.89. The first-order valence-corrected chi connectivity index (χ1v) is 8.82. The van der Waals surface area contributed by atoms with Crippen molar-refractivity contribution in [2.24, 2.45) is 0 Å². The van der Waals surface area contributed by atoms with E-state index in [-0.39, 0.29) is 5.91 Å². The summed E-state index contributed by atoms with van der Waals surface area (Å²) >= 11 is 9.05. The lowest BCUT2D eigenvalue weighted by atomic mass is 10.2. The van der Waals surface area contributed by atoms with Crippen molar-refractivity contribution in [3.8, 4) is 15.6 Å². The van der Waals surface area contributed by atoms with Gasteiger partial charge in [-0.2, -0.15) is 0 Å². The third-order valence-corrected chi connectivity index (χ3v) is 5.65. The van der Waals surface area contributed by atoms with Crippen LogP contribution in [0.4, 0.5) is 5.69 Å². The van der Waals surface area contributed by atoms with E-state index in [2.05, 4.69) is 10.3 Å². The average Bonchev–Trinajstić information content (AvgIpc) is 3.16. The number of ether oxygens (including phenoxy) is 1. The van der Waals surface area contributed by atoms with Gasteiger partial charge in [0.1, 0.15) is 9.88 Å². The smallest absolute Gasteiger partial charge is 0.267 e. The molecular weight excluding hydrogens is 352 g/mol. The number of carbonyl (C=O) groups excluding carboxylic acids is 1. The van der Waals surface area contributed by atoms with Crippen LogP contribution in [0.5, 0.6) is 5.75 Å². The number of halogens is 1. The van der Waals surface area contributed by atoms with Crippen molar-refractivity contribution in [1.82, 2.24) is 4.98 Å². The van der Waals surface area contributed by atoms with Gasteiger partial charge >= 0.3 is 0 Å². The number of para-hydroxylation sites is 1. The normalized spacial score (nSPS) is 10.6. The number of methoxy groups -OCH3 is 1. The molecule has 0 unspecified atom stereocenters. The van der Waals surface area contributed by atoms with Crippen molar-refractivity contribution < 1.29 is 9.53 Å². The number of thiazole rings is 1. The molecule has 3 aromatic rings. The van der Waals surface area contributed by atoms with Gasteiger partial charge in [0, 0.05) is 0 Å². The molecule has 3 rings (SSSR count). The lowest BCUT2D eigenvalue weighted by Crippen LogP contribution is -2.12. The zero-order valence-electron chi connectivity index (χ0n) is 12.4. The van der Waals surface area contributed by atoms with E-state index < -0.39 is 0 Å². The molecule has 0 aliphatic rings. The van der Waals surface area contributed by atoms with Crippen LogP contribution in [0, 0.1) is 6.92 Å². The largest absolute Gasteiger partial charge is 0.493 e. The Morgan fingerprint density at radius 1 is 1.30 bits per heavy atom. The number of thiophene rings is 1. The fourth-order valence-corrected chi connectivity index (χ4v) is 4.12. The van der Waals surface area contributed by atoms with Crippen LogP contribution < -0.4 is 10.1 Å². The minimum Gasteiger partial charge on any atom is -0.493 e. The molecule has 23 heavy (non-hydrogen) atoms. The molecule has 0 fully saturated rings. The topological polar surface area (TPSA) is 51.2 Å². The zero-order chi connectivity index (χ0) is 16.4. The minimum absolute atomic E-state index is 0.219. The van der Waals surface area contributed by atoms with E-state index in [1.165, 1.54) is 18.4 Å². The second-order valence-electron chi connectivity index (χ2n) is 4.69. The molecule has 1 aromatic carbocycles. The highest BCUT2D eigenvalue weighted by Crippen LogP contribution is 2.34. The first kappa shape index (κ1) is 16.0. The Hall–Kier alpha value is -1.89. The summed E-state index contributed by atoms with van der Waals surface area (Å²) in [7, 11) is 1.52. The second-order valence-corrected chi connectivity index (χ2v) is 7.04. The van der Waals surface area contributed by atoms with Gasteiger partial charge in [0.15, 0.2) is 5.75 Å². The van der Waals surface area contributed by atoms with Gasteiger partial charge in [-0.15, -0.1) is 22.7 Å². The van der Waals surface area contributed by atoms with Crippen LogP contribution >= 0.6 is 34.3 Å². The van der Waals surface area contributed by atoms with Gasteiger partial charge < -0.3 is 10.1 Å². The number of aromatic nitrogens is 1. The Morgan fingerprint density at radius 2 is 2.13 bits per heavy atom. The lowest BCUT2D eigenvalue weighted by Gasteiger charge is -2.10. The quantitative estimate of drug-likeness (QED) is 0.701. The molecular formula is C16H13ClN2O2S2. The van der Waals surface area contributed by atoms with Gasteiger partial charge in [0.05, 0.1) is 28.4 Å². The van der Waals surface area contributed by atoms with Crippen LogP contribution in [-0.4, -0.2) is 18.0 Å². The maximum absolute atomic E-state index is 12.6. The van der Waals surface area contributed by atoms with Crippen molar-refractivity contribution in [2.75, 3.05) is 12.4 Å². The number of hydrogen-bond acceptors (Lipinski definition) is 5. The van der Waals surface area contributed by atoms with Crippen LogP contribution in [0.25, 0.3) is 9.88 Å². The molecule has 0 saturated heterocycles. The van der Waals surface area contributed by atoms with Gasteiger partial charge in [0.25, 0.3) is 5.91 Å². The average molecular weight is 365 g/mol. The summed E-state index contributed by atoms with van der Waals surface area (Å²) in [6, 6.07) is 9.18. The third-order valence-electron chi connectivity index (χ3n) is 3.15. The van der Waals surface area contributed by atoms with E-state index in [0.717, 1.165) is 9.88 Å². The molecule has 1 N–H and O–H groups in total. The standard InChI is InChI=1S/C16H13ClN2O2S2/c1-9-14(23-16(18-9)12-7-4-8-22-12)15(20)19-11-6-3-5-10(17)13(11)21-2/h3-8H,1-2H3,(H,19,20). The summed E-state index contributed by atoms with van der Waals surface area (Å²) in [5.41, 5.74) is 1.24. The molecule has 0 atom stereocenters. The summed E-state index contributed by atoms with van der Waals surface area (Å²) in [4.78, 5) is 18.7. The number of anilines is 1. The van der Waals surface area contributed by atoms with Crippen molar-refractivity contribution in [2.45, 2.75) is 6.92 Å². The molecule has 0 aliphatic heterocycles. The highest BCUT2D eigenvalue weighted by molar-refractivity contribution is 7.22. The molecule has 1 amide bonds. The van der Waals surface area contributed by atoms with Crippen molar-refractivity contribution >= 4 is 45.9 Å². The molecule has 0 saturated carbocycles. The van der Waals surface area contributed by atoms with E-state index in [4.69, 9.17) is 16.3 Å². The number of aryl methyl sites for hydroxylation is 1. The summed E-state index contributed by atoms with van der Waals surface area (Å²) < 4.78 is 5.25. The zero-order valence-corrected chi connectivity index (χ0v) is 14.8. The van der Waals surface area contributed by atoms with E-state index in [1.807, 2.05) is 24.4 Å². The fourth-order valence-electron chi connectivity index (χ4n) is 2.11. The van der Waals surface area contributed by atoms with Gasteiger partial charge in [0.2, 0.25) is 0 Å². The van der Waals surface area contributed by atoms with Gasteiger partial charge in [-0.25, -0.2) is 4.98 Å². The molecule has 0 radical (unpaired) electrons. The Kier molecular flexibility index (Phi) is 4.66. The van der Waals surface area contributed by atoms with Crippen LogP contribution in [0.1, 0.15) is 15.4 Å². The van der Waals surface area contributed by atoms with Crippen LogP contribution in [0.15, 0.2) is 35.7 Å². The van der Waals surface area contributed by atoms with Gasteiger partial charge in [-0.1, -0.05) is 23.7 Å². The SMILES string of the molecule is COc1c(Cl)cccc1NC(=O)c1sc(-c2cccs2)nc1C. The molecule has 7 heteroatoms.